The molecular formula is C21H21N5O7S2. The maximum Gasteiger partial charge on any atom is 0.359 e. The first-order valence-corrected chi connectivity index (χ1v) is 13.4. The zero-order valence-electron chi connectivity index (χ0n) is 18.3. The van der Waals surface area contributed by atoms with Gasteiger partial charge < -0.3 is 15.8 Å². The first-order valence-electron chi connectivity index (χ1n) is 10.6. The van der Waals surface area contributed by atoms with Crippen molar-refractivity contribution >= 4 is 48.4 Å². The lowest BCUT2D eigenvalue weighted by atomic mass is 9.94. The van der Waals surface area contributed by atoms with Gasteiger partial charge in [-0.3, -0.25) is 13.7 Å². The van der Waals surface area contributed by atoms with Crippen LogP contribution in [0.4, 0.5) is 11.4 Å². The summed E-state index contributed by atoms with van der Waals surface area (Å²) < 4.78 is 63.7. The highest BCUT2D eigenvalue weighted by atomic mass is 32.2. The number of hydrogen-bond donors (Lipinski definition) is 4. The molecule has 1 fully saturated rings. The summed E-state index contributed by atoms with van der Waals surface area (Å²) in [5, 5.41) is 14.1. The third-order valence-electron chi connectivity index (χ3n) is 6.12. The number of rotatable bonds is 5. The Morgan fingerprint density at radius 3 is 2.57 bits per heavy atom. The second kappa shape index (κ2) is 7.96. The van der Waals surface area contributed by atoms with Crippen molar-refractivity contribution < 1.29 is 26.5 Å². The Kier molecular flexibility index (Phi) is 5.27. The molecule has 0 unspecified atom stereocenters. The predicted octanol–water partition coefficient (Wildman–Crippen LogP) is 1.60. The minimum absolute atomic E-state index is 0.0212. The molecule has 0 bridgehead atoms. The first-order chi connectivity index (χ1) is 16.5. The number of hydrogen-bond acceptors (Lipinski definition) is 8. The molecule has 184 valence electrons. The lowest BCUT2D eigenvalue weighted by Gasteiger charge is -2.29. The Labute approximate surface area is 200 Å². The Balaban J connectivity index is 1.67. The molecule has 2 aliphatic rings. The van der Waals surface area contributed by atoms with Crippen molar-refractivity contribution in [3.8, 4) is 5.75 Å². The minimum Gasteiger partial charge on any atom is -0.506 e. The smallest absolute Gasteiger partial charge is 0.359 e. The van der Waals surface area contributed by atoms with Crippen LogP contribution in [0, 0.1) is 0 Å². The number of sulfonamides is 1. The van der Waals surface area contributed by atoms with Crippen LogP contribution in [0.15, 0.2) is 56.6 Å². The summed E-state index contributed by atoms with van der Waals surface area (Å²) in [6.45, 7) is 0. The van der Waals surface area contributed by atoms with Gasteiger partial charge in [-0.25, -0.2) is 4.68 Å². The zero-order valence-corrected chi connectivity index (χ0v) is 20.0. The van der Waals surface area contributed by atoms with Crippen LogP contribution in [-0.4, -0.2) is 50.1 Å². The number of anilines is 2. The summed E-state index contributed by atoms with van der Waals surface area (Å²) in [6.07, 6.45) is 2.77. The van der Waals surface area contributed by atoms with E-state index in [1.54, 1.807) is 24.3 Å². The van der Waals surface area contributed by atoms with Crippen LogP contribution >= 0.6 is 0 Å². The molecule has 35 heavy (non-hydrogen) atoms. The van der Waals surface area contributed by atoms with Crippen molar-refractivity contribution in [2.75, 3.05) is 22.1 Å². The fourth-order valence-corrected chi connectivity index (χ4v) is 5.49. The summed E-state index contributed by atoms with van der Waals surface area (Å²) in [7, 11) is -7.98. The first kappa shape index (κ1) is 23.1. The second-order valence-electron chi connectivity index (χ2n) is 8.30. The average Bonchev–Trinajstić information content (AvgIpc) is 2.76. The number of benzene rings is 2. The molecule has 1 aliphatic heterocycles. The van der Waals surface area contributed by atoms with Gasteiger partial charge in [0.05, 0.1) is 16.9 Å². The standard InChI is InChI=1S/C21H21N5O7S2/c1-25(35(31,32)33)13-9-10-15-17(11-13)34(29,30)24-20(22-15)18-19(27)14-7-2-3-8-16(14)26(21(18)28)23-12-5-4-6-12/h2-3,7-12,23,27H,4-6H2,1H3,(H,22,24)(H,31,32,33). The Bertz CT molecular complexity index is 1680. The van der Waals surface area contributed by atoms with Crippen molar-refractivity contribution in [2.24, 2.45) is 4.40 Å². The summed E-state index contributed by atoms with van der Waals surface area (Å²) in [5.74, 6) is -0.796. The highest BCUT2D eigenvalue weighted by molar-refractivity contribution is 7.90. The van der Waals surface area contributed by atoms with E-state index in [9.17, 15) is 31.3 Å². The van der Waals surface area contributed by atoms with Gasteiger partial charge in [0.25, 0.3) is 15.6 Å². The number of amidine groups is 1. The summed E-state index contributed by atoms with van der Waals surface area (Å²) >= 11 is 0. The number of nitrogens with one attached hydrogen (secondary N) is 2. The van der Waals surface area contributed by atoms with Gasteiger partial charge >= 0.3 is 10.3 Å². The number of fused-ring (bicyclic) bond motifs is 2. The lowest BCUT2D eigenvalue weighted by molar-refractivity contribution is 0.414. The molecule has 0 amide bonds. The van der Waals surface area contributed by atoms with E-state index in [1.165, 1.54) is 16.8 Å². The largest absolute Gasteiger partial charge is 0.506 e. The van der Waals surface area contributed by atoms with Gasteiger partial charge in [-0.15, -0.1) is 4.40 Å². The Morgan fingerprint density at radius 2 is 1.91 bits per heavy atom. The van der Waals surface area contributed by atoms with Crippen molar-refractivity contribution in [1.29, 1.82) is 0 Å². The van der Waals surface area contributed by atoms with E-state index in [-0.39, 0.29) is 33.7 Å². The molecule has 0 radical (unpaired) electrons. The van der Waals surface area contributed by atoms with Gasteiger partial charge in [0.2, 0.25) is 0 Å². The van der Waals surface area contributed by atoms with E-state index in [4.69, 9.17) is 0 Å². The minimum atomic E-state index is -4.62. The number of aromatic hydroxyl groups is 1. The molecule has 5 rings (SSSR count). The van der Waals surface area contributed by atoms with E-state index in [2.05, 4.69) is 15.1 Å². The summed E-state index contributed by atoms with van der Waals surface area (Å²) in [5.41, 5.74) is 2.48. The van der Waals surface area contributed by atoms with Crippen LogP contribution in [0.2, 0.25) is 0 Å². The normalized spacial score (nSPS) is 17.1. The van der Waals surface area contributed by atoms with E-state index >= 15 is 0 Å². The topological polar surface area (TPSA) is 170 Å². The lowest BCUT2D eigenvalue weighted by Crippen LogP contribution is -2.42. The van der Waals surface area contributed by atoms with Gasteiger partial charge in [-0.2, -0.15) is 16.8 Å². The third kappa shape index (κ3) is 3.88. The van der Waals surface area contributed by atoms with Gasteiger partial charge in [0, 0.05) is 18.5 Å². The maximum absolute atomic E-state index is 13.5. The van der Waals surface area contributed by atoms with Crippen LogP contribution in [0.25, 0.3) is 10.9 Å². The average molecular weight is 520 g/mol. The summed E-state index contributed by atoms with van der Waals surface area (Å²) in [4.78, 5) is 13.1. The molecule has 1 saturated carbocycles. The summed E-state index contributed by atoms with van der Waals surface area (Å²) in [6, 6.07) is 10.3. The molecule has 2 aromatic carbocycles. The number of aromatic nitrogens is 1. The molecule has 1 aromatic heterocycles. The molecule has 3 aromatic rings. The predicted molar refractivity (Wildman–Crippen MR) is 131 cm³/mol. The van der Waals surface area contributed by atoms with Gasteiger partial charge in [-0.1, -0.05) is 12.1 Å². The molecule has 12 nitrogen and oxygen atoms in total. The van der Waals surface area contributed by atoms with Crippen LogP contribution in [-0.2, 0) is 20.3 Å². The molecule has 0 saturated heterocycles. The van der Waals surface area contributed by atoms with Gasteiger partial charge in [0.15, 0.2) is 5.84 Å². The van der Waals surface area contributed by atoms with Crippen LogP contribution < -0.4 is 20.6 Å². The third-order valence-corrected chi connectivity index (χ3v) is 8.34. The van der Waals surface area contributed by atoms with Gasteiger partial charge in [-0.05, 0) is 49.6 Å². The van der Waals surface area contributed by atoms with E-state index in [0.29, 0.717) is 15.2 Å². The van der Waals surface area contributed by atoms with Crippen LogP contribution in [0.1, 0.15) is 24.8 Å². The SMILES string of the molecule is CN(c1ccc2c(c1)S(=O)(=O)N=C(c1c(O)c3ccccc3n(NC3CCC3)c1=O)N2)S(=O)(=O)O. The van der Waals surface area contributed by atoms with Crippen molar-refractivity contribution in [2.45, 2.75) is 30.2 Å². The fourth-order valence-electron chi connectivity index (χ4n) is 3.97. The van der Waals surface area contributed by atoms with Crippen LogP contribution in [0.5, 0.6) is 5.75 Å². The van der Waals surface area contributed by atoms with E-state index in [1.807, 2.05) is 0 Å². The number of para-hydroxylation sites is 1. The highest BCUT2D eigenvalue weighted by Crippen LogP contribution is 2.34. The molecule has 2 heterocycles. The molecule has 0 atom stereocenters. The van der Waals surface area contributed by atoms with Crippen LogP contribution in [0.3, 0.4) is 0 Å². The molecule has 14 heteroatoms. The van der Waals surface area contributed by atoms with E-state index in [0.717, 1.165) is 32.4 Å². The van der Waals surface area contributed by atoms with Crippen molar-refractivity contribution in [3.63, 3.8) is 0 Å². The van der Waals surface area contributed by atoms with Gasteiger partial charge in [0.1, 0.15) is 16.2 Å². The maximum atomic E-state index is 13.5. The zero-order chi connectivity index (χ0) is 25.1. The number of pyridine rings is 1. The molecule has 1 aliphatic carbocycles. The quantitative estimate of drug-likeness (QED) is 0.366. The highest BCUT2D eigenvalue weighted by Gasteiger charge is 2.31. The Morgan fingerprint density at radius 1 is 1.20 bits per heavy atom. The second-order valence-corrected chi connectivity index (χ2v) is 11.3. The molecule has 4 N–H and O–H groups in total. The van der Waals surface area contributed by atoms with Crippen molar-refractivity contribution in [3.05, 3.63) is 58.4 Å². The Hall–Kier alpha value is -3.62. The fraction of sp³-hybridized carbons (Fsp3) is 0.238. The monoisotopic (exact) mass is 519 g/mol. The van der Waals surface area contributed by atoms with E-state index < -0.39 is 31.6 Å². The molecule has 0 spiro atoms. The number of nitrogens with zero attached hydrogens (tertiary/aromatic N) is 3. The van der Waals surface area contributed by atoms with Crippen molar-refractivity contribution in [1.82, 2.24) is 4.68 Å². The molecular weight excluding hydrogens is 498 g/mol.